The first kappa shape index (κ1) is 79.6. The number of allylic oxidation sites excluding steroid dienone is 2. The van der Waals surface area contributed by atoms with E-state index in [2.05, 4.69) is 31.3 Å². The van der Waals surface area contributed by atoms with Crippen molar-refractivity contribution in [1.29, 1.82) is 0 Å². The molecule has 0 aliphatic heterocycles. The Bertz CT molecular complexity index is 1220. The molecule has 0 heterocycles. The van der Waals surface area contributed by atoms with Crippen LogP contribution < -0.4 is 5.32 Å². The molecule has 81 heavy (non-hydrogen) atoms. The minimum absolute atomic E-state index is 0.0178. The van der Waals surface area contributed by atoms with Gasteiger partial charge in [0.15, 0.2) is 0 Å². The average molecular weight is 1140 g/mol. The van der Waals surface area contributed by atoms with E-state index in [1.54, 1.807) is 0 Å². The van der Waals surface area contributed by atoms with Crippen LogP contribution in [-0.2, 0) is 14.3 Å². The molecule has 3 N–H and O–H groups in total. The van der Waals surface area contributed by atoms with Crippen LogP contribution in [0.25, 0.3) is 0 Å². The Labute approximate surface area is 508 Å². The zero-order valence-corrected chi connectivity index (χ0v) is 55.3. The van der Waals surface area contributed by atoms with Crippen LogP contribution in [-0.4, -0.2) is 47.4 Å². The highest BCUT2D eigenvalue weighted by Crippen LogP contribution is 2.20. The lowest BCUT2D eigenvalue weighted by Crippen LogP contribution is -2.45. The van der Waals surface area contributed by atoms with E-state index in [0.717, 1.165) is 38.5 Å². The van der Waals surface area contributed by atoms with Crippen LogP contribution in [0.15, 0.2) is 12.2 Å². The molecule has 6 heteroatoms. The smallest absolute Gasteiger partial charge is 0.305 e. The predicted molar refractivity (Wildman–Crippen MR) is 357 cm³/mol. The highest BCUT2D eigenvalue weighted by molar-refractivity contribution is 5.76. The quantitative estimate of drug-likeness (QED) is 0.0320. The fraction of sp³-hybridized carbons (Fsp3) is 0.947. The molecule has 0 aliphatic rings. The number of rotatable bonds is 71. The minimum atomic E-state index is -0.669. The van der Waals surface area contributed by atoms with Gasteiger partial charge in [0, 0.05) is 12.8 Å². The molecule has 2 atom stereocenters. The molecule has 482 valence electrons. The summed E-state index contributed by atoms with van der Waals surface area (Å²) in [5.41, 5.74) is 0. The summed E-state index contributed by atoms with van der Waals surface area (Å²) in [7, 11) is 0. The number of unbranched alkanes of at least 4 members (excludes halogenated alkanes) is 58. The average Bonchev–Trinajstić information content (AvgIpc) is 3.47. The molecule has 0 spiro atoms. The molecule has 0 radical (unpaired) electrons. The Hall–Kier alpha value is -1.40. The van der Waals surface area contributed by atoms with Crippen molar-refractivity contribution < 1.29 is 24.5 Å². The second-order valence-electron chi connectivity index (χ2n) is 26.0. The van der Waals surface area contributed by atoms with Crippen molar-refractivity contribution in [3.05, 3.63) is 12.2 Å². The molecule has 0 rings (SSSR count). The van der Waals surface area contributed by atoms with Crippen molar-refractivity contribution in [2.45, 2.75) is 443 Å². The van der Waals surface area contributed by atoms with Gasteiger partial charge in [0.1, 0.15) is 0 Å². The zero-order valence-electron chi connectivity index (χ0n) is 55.3. The molecule has 0 aromatic carbocycles. The molecule has 0 fully saturated rings. The lowest BCUT2D eigenvalue weighted by Gasteiger charge is -2.22. The summed E-state index contributed by atoms with van der Waals surface area (Å²) in [4.78, 5) is 24.7. The molecule has 2 unspecified atom stereocenters. The molecule has 0 aromatic rings. The van der Waals surface area contributed by atoms with Gasteiger partial charge in [-0.05, 0) is 51.4 Å². The second-order valence-corrected chi connectivity index (χ2v) is 26.0. The third-order valence-corrected chi connectivity index (χ3v) is 17.8. The zero-order chi connectivity index (χ0) is 58.5. The Balaban J connectivity index is 3.38. The summed E-state index contributed by atoms with van der Waals surface area (Å²) < 4.78 is 5.51. The third kappa shape index (κ3) is 67.6. The van der Waals surface area contributed by atoms with Crippen LogP contribution in [0.2, 0.25) is 0 Å². The Kier molecular flexibility index (Phi) is 69.9. The van der Waals surface area contributed by atoms with Gasteiger partial charge in [0.2, 0.25) is 5.91 Å². The van der Waals surface area contributed by atoms with E-state index in [9.17, 15) is 19.8 Å². The molecule has 0 saturated carbocycles. The number of amides is 1. The van der Waals surface area contributed by atoms with Gasteiger partial charge in [-0.15, -0.1) is 0 Å². The van der Waals surface area contributed by atoms with Gasteiger partial charge in [-0.2, -0.15) is 0 Å². The van der Waals surface area contributed by atoms with Crippen molar-refractivity contribution in [3.63, 3.8) is 0 Å². The third-order valence-electron chi connectivity index (χ3n) is 17.8. The van der Waals surface area contributed by atoms with Crippen LogP contribution in [0, 0.1) is 0 Å². The first-order valence-corrected chi connectivity index (χ1v) is 37.4. The van der Waals surface area contributed by atoms with E-state index in [1.165, 1.54) is 360 Å². The number of nitrogens with one attached hydrogen (secondary N) is 1. The van der Waals surface area contributed by atoms with Gasteiger partial charge in [0.05, 0.1) is 25.4 Å². The van der Waals surface area contributed by atoms with E-state index in [0.29, 0.717) is 25.9 Å². The molecular weight excluding hydrogens is 995 g/mol. The van der Waals surface area contributed by atoms with Gasteiger partial charge in [-0.3, -0.25) is 9.59 Å². The first-order chi connectivity index (χ1) is 40.0. The van der Waals surface area contributed by atoms with Gasteiger partial charge in [-0.1, -0.05) is 379 Å². The van der Waals surface area contributed by atoms with Gasteiger partial charge in [-0.25, -0.2) is 0 Å². The number of carbonyl (C=O) groups is 2. The summed E-state index contributed by atoms with van der Waals surface area (Å²) in [6, 6.07) is -0.547. The number of hydrogen-bond acceptors (Lipinski definition) is 5. The van der Waals surface area contributed by atoms with Gasteiger partial charge >= 0.3 is 5.97 Å². The number of carbonyl (C=O) groups excluding carboxylic acids is 2. The maximum absolute atomic E-state index is 12.6. The first-order valence-electron chi connectivity index (χ1n) is 37.4. The maximum Gasteiger partial charge on any atom is 0.305 e. The summed E-state index contributed by atoms with van der Waals surface area (Å²) in [5, 5.41) is 23.4. The number of aliphatic hydroxyl groups is 2. The topological polar surface area (TPSA) is 95.9 Å². The summed E-state index contributed by atoms with van der Waals surface area (Å²) in [6.45, 7) is 5.00. The van der Waals surface area contributed by atoms with Gasteiger partial charge in [0.25, 0.3) is 0 Å². The lowest BCUT2D eigenvalue weighted by atomic mass is 10.0. The Morgan fingerprint density at radius 1 is 0.333 bits per heavy atom. The fourth-order valence-electron chi connectivity index (χ4n) is 12.1. The van der Waals surface area contributed by atoms with E-state index < -0.39 is 12.1 Å². The lowest BCUT2D eigenvalue weighted by molar-refractivity contribution is -0.143. The second kappa shape index (κ2) is 71.1. The Morgan fingerprint density at radius 3 is 0.877 bits per heavy atom. The van der Waals surface area contributed by atoms with Crippen molar-refractivity contribution in [2.24, 2.45) is 0 Å². The normalized spacial score (nSPS) is 12.5. The fourth-order valence-corrected chi connectivity index (χ4v) is 12.1. The van der Waals surface area contributed by atoms with E-state index in [-0.39, 0.29) is 18.5 Å². The maximum atomic E-state index is 12.6. The molecule has 0 aliphatic carbocycles. The van der Waals surface area contributed by atoms with Crippen LogP contribution in [0.3, 0.4) is 0 Å². The largest absolute Gasteiger partial charge is 0.466 e. The summed E-state index contributed by atoms with van der Waals surface area (Å²) >= 11 is 0. The molecule has 0 bridgehead atoms. The van der Waals surface area contributed by atoms with E-state index in [1.807, 2.05) is 0 Å². The van der Waals surface area contributed by atoms with Crippen LogP contribution in [0.5, 0.6) is 0 Å². The highest BCUT2D eigenvalue weighted by atomic mass is 16.5. The SMILES string of the molecule is CCCCCCCCCCCCCCCCCCCCCCCCC(O)C(CO)NC(=O)CCCCCCCCC/C=C\CCCCCCCCCCCCCCOC(=O)CCCCCCCCCCCCCCCCCCCCC. The van der Waals surface area contributed by atoms with Crippen molar-refractivity contribution in [2.75, 3.05) is 13.2 Å². The summed E-state index contributed by atoms with van der Waals surface area (Å²) in [5.74, 6) is -0.0182. The molecule has 0 aromatic heterocycles. The highest BCUT2D eigenvalue weighted by Gasteiger charge is 2.20. The van der Waals surface area contributed by atoms with E-state index in [4.69, 9.17) is 4.74 Å². The van der Waals surface area contributed by atoms with Gasteiger partial charge < -0.3 is 20.3 Å². The molecule has 0 saturated heterocycles. The van der Waals surface area contributed by atoms with Crippen molar-refractivity contribution in [3.8, 4) is 0 Å². The minimum Gasteiger partial charge on any atom is -0.466 e. The number of hydrogen-bond donors (Lipinski definition) is 3. The van der Waals surface area contributed by atoms with Crippen LogP contribution in [0.4, 0.5) is 0 Å². The van der Waals surface area contributed by atoms with Crippen LogP contribution in [0.1, 0.15) is 431 Å². The van der Waals surface area contributed by atoms with E-state index >= 15 is 0 Å². The van der Waals surface area contributed by atoms with Crippen molar-refractivity contribution in [1.82, 2.24) is 5.32 Å². The number of aliphatic hydroxyl groups excluding tert-OH is 2. The van der Waals surface area contributed by atoms with Crippen molar-refractivity contribution >= 4 is 11.9 Å². The molecule has 1 amide bonds. The summed E-state index contributed by atoms with van der Waals surface area (Å²) in [6.07, 6.45) is 88.4. The molecule has 6 nitrogen and oxygen atoms in total. The number of ether oxygens (including phenoxy) is 1. The predicted octanol–water partition coefficient (Wildman–Crippen LogP) is 24.3. The monoisotopic (exact) mass is 1140 g/mol. The number of esters is 1. The standard InChI is InChI=1S/C75H147NO5/c1-3-5-7-9-11-13-15-17-19-21-23-24-28-32-35-39-43-47-51-55-59-63-67-73(78)72(71-77)76-74(79)68-64-60-56-52-48-44-40-36-33-29-26-25-27-30-34-38-42-46-50-54-58-62-66-70-81-75(80)69-65-61-57-53-49-45-41-37-31-22-20-18-16-14-12-10-8-6-4-2/h29,33,72-73,77-78H,3-28,30-32,34-71H2,1-2H3,(H,76,79)/b33-29-. The molecular formula is C75H147NO5. The Morgan fingerprint density at radius 2 is 0.580 bits per heavy atom. The van der Waals surface area contributed by atoms with Crippen LogP contribution >= 0.6 is 0 Å².